The normalized spacial score (nSPS) is 29.4. The third-order valence-electron chi connectivity index (χ3n) is 4.33. The molecular formula is C14H20ClN. The third kappa shape index (κ3) is 1.49. The summed E-state index contributed by atoms with van der Waals surface area (Å²) in [6.45, 7) is 4.73. The van der Waals surface area contributed by atoms with Crippen molar-refractivity contribution in [3.63, 3.8) is 0 Å². The first kappa shape index (κ1) is 11.9. The molecule has 0 bridgehead atoms. The van der Waals surface area contributed by atoms with Crippen molar-refractivity contribution in [1.82, 2.24) is 0 Å². The largest absolute Gasteiger partial charge is 0.324 e. The SMILES string of the molecule is CC1(C)CCC2CC(N)c3cccc1c32.Cl. The maximum Gasteiger partial charge on any atom is 0.0303 e. The van der Waals surface area contributed by atoms with Gasteiger partial charge in [-0.15, -0.1) is 12.4 Å². The Hall–Kier alpha value is -0.530. The van der Waals surface area contributed by atoms with Crippen LogP contribution < -0.4 is 5.73 Å². The summed E-state index contributed by atoms with van der Waals surface area (Å²) >= 11 is 0. The summed E-state index contributed by atoms with van der Waals surface area (Å²) in [6.07, 6.45) is 3.80. The summed E-state index contributed by atoms with van der Waals surface area (Å²) in [5.41, 5.74) is 11.1. The van der Waals surface area contributed by atoms with E-state index in [0.29, 0.717) is 11.5 Å². The molecule has 2 N–H and O–H groups in total. The van der Waals surface area contributed by atoms with E-state index in [1.165, 1.54) is 24.8 Å². The zero-order chi connectivity index (χ0) is 10.6. The minimum absolute atomic E-state index is 0. The van der Waals surface area contributed by atoms with Gasteiger partial charge in [0.15, 0.2) is 0 Å². The van der Waals surface area contributed by atoms with Gasteiger partial charge in [-0.05, 0) is 47.3 Å². The van der Waals surface area contributed by atoms with E-state index >= 15 is 0 Å². The van der Waals surface area contributed by atoms with Crippen LogP contribution in [0, 0.1) is 0 Å². The first-order chi connectivity index (χ1) is 7.09. The molecule has 88 valence electrons. The summed E-state index contributed by atoms with van der Waals surface area (Å²) in [7, 11) is 0. The highest BCUT2D eigenvalue weighted by molar-refractivity contribution is 5.85. The molecule has 0 heterocycles. The van der Waals surface area contributed by atoms with Crippen LogP contribution in [0.2, 0.25) is 0 Å². The monoisotopic (exact) mass is 237 g/mol. The van der Waals surface area contributed by atoms with Gasteiger partial charge < -0.3 is 5.73 Å². The van der Waals surface area contributed by atoms with Crippen molar-refractivity contribution in [3.05, 3.63) is 34.9 Å². The van der Waals surface area contributed by atoms with Crippen molar-refractivity contribution in [3.8, 4) is 0 Å². The number of nitrogens with two attached hydrogens (primary N) is 1. The van der Waals surface area contributed by atoms with Crippen molar-refractivity contribution >= 4 is 12.4 Å². The average molecular weight is 238 g/mol. The molecule has 1 aromatic carbocycles. The van der Waals surface area contributed by atoms with Gasteiger partial charge in [0.05, 0.1) is 0 Å². The molecule has 0 spiro atoms. The van der Waals surface area contributed by atoms with Crippen LogP contribution in [-0.2, 0) is 5.41 Å². The Morgan fingerprint density at radius 2 is 2.06 bits per heavy atom. The lowest BCUT2D eigenvalue weighted by atomic mass is 9.69. The van der Waals surface area contributed by atoms with Crippen LogP contribution in [0.5, 0.6) is 0 Å². The molecule has 2 atom stereocenters. The molecule has 0 saturated heterocycles. The molecule has 0 saturated carbocycles. The van der Waals surface area contributed by atoms with E-state index in [1.54, 1.807) is 11.1 Å². The zero-order valence-electron chi connectivity index (χ0n) is 9.99. The van der Waals surface area contributed by atoms with E-state index in [2.05, 4.69) is 32.0 Å². The molecule has 1 nitrogen and oxygen atoms in total. The third-order valence-corrected chi connectivity index (χ3v) is 4.33. The van der Waals surface area contributed by atoms with Crippen molar-refractivity contribution < 1.29 is 0 Å². The second-order valence-corrected chi connectivity index (χ2v) is 5.77. The van der Waals surface area contributed by atoms with E-state index in [9.17, 15) is 0 Å². The number of rotatable bonds is 0. The van der Waals surface area contributed by atoms with Crippen molar-refractivity contribution in [1.29, 1.82) is 0 Å². The predicted octanol–water partition coefficient (Wildman–Crippen LogP) is 3.67. The minimum Gasteiger partial charge on any atom is -0.324 e. The predicted molar refractivity (Wildman–Crippen MR) is 70.2 cm³/mol. The Morgan fingerprint density at radius 3 is 2.81 bits per heavy atom. The van der Waals surface area contributed by atoms with Crippen molar-refractivity contribution in [2.24, 2.45) is 5.73 Å². The number of hydrogen-bond acceptors (Lipinski definition) is 1. The van der Waals surface area contributed by atoms with E-state index in [-0.39, 0.29) is 12.4 Å². The van der Waals surface area contributed by atoms with Gasteiger partial charge in [0, 0.05) is 6.04 Å². The zero-order valence-corrected chi connectivity index (χ0v) is 10.8. The second kappa shape index (κ2) is 3.75. The fourth-order valence-electron chi connectivity index (χ4n) is 3.44. The molecule has 0 aliphatic heterocycles. The molecule has 0 amide bonds. The van der Waals surface area contributed by atoms with Crippen LogP contribution in [0.25, 0.3) is 0 Å². The summed E-state index contributed by atoms with van der Waals surface area (Å²) in [4.78, 5) is 0. The van der Waals surface area contributed by atoms with Gasteiger partial charge in [-0.2, -0.15) is 0 Å². The topological polar surface area (TPSA) is 26.0 Å². The maximum atomic E-state index is 6.20. The van der Waals surface area contributed by atoms with Gasteiger partial charge in [-0.25, -0.2) is 0 Å². The Bertz CT molecular complexity index is 411. The van der Waals surface area contributed by atoms with Crippen LogP contribution in [-0.4, -0.2) is 0 Å². The molecule has 3 rings (SSSR count). The van der Waals surface area contributed by atoms with Crippen molar-refractivity contribution in [2.45, 2.75) is 50.5 Å². The highest BCUT2D eigenvalue weighted by atomic mass is 35.5. The Kier molecular flexibility index (Phi) is 2.80. The molecule has 1 aromatic rings. The van der Waals surface area contributed by atoms with Gasteiger partial charge in [0.2, 0.25) is 0 Å². The van der Waals surface area contributed by atoms with Gasteiger partial charge in [-0.3, -0.25) is 0 Å². The molecule has 0 radical (unpaired) electrons. The highest BCUT2D eigenvalue weighted by Crippen LogP contribution is 2.51. The molecule has 2 unspecified atom stereocenters. The van der Waals surface area contributed by atoms with Crippen molar-refractivity contribution in [2.75, 3.05) is 0 Å². The first-order valence-corrected chi connectivity index (χ1v) is 5.98. The molecular weight excluding hydrogens is 218 g/mol. The molecule has 2 aliphatic carbocycles. The lowest BCUT2D eigenvalue weighted by molar-refractivity contribution is 0.389. The minimum atomic E-state index is 0. The summed E-state index contributed by atoms with van der Waals surface area (Å²) in [5, 5.41) is 0. The fourth-order valence-corrected chi connectivity index (χ4v) is 3.44. The standard InChI is InChI=1S/C14H19N.ClH/c1-14(2)7-6-9-8-12(15)10-4-3-5-11(14)13(9)10;/h3-5,9,12H,6-8,15H2,1-2H3;1H. The summed E-state index contributed by atoms with van der Waals surface area (Å²) < 4.78 is 0. The summed E-state index contributed by atoms with van der Waals surface area (Å²) in [6, 6.07) is 7.01. The number of halogens is 1. The van der Waals surface area contributed by atoms with Crippen LogP contribution >= 0.6 is 12.4 Å². The van der Waals surface area contributed by atoms with E-state index < -0.39 is 0 Å². The molecule has 0 aromatic heterocycles. The Morgan fingerprint density at radius 1 is 1.31 bits per heavy atom. The highest BCUT2D eigenvalue weighted by Gasteiger charge is 2.39. The number of benzene rings is 1. The molecule has 16 heavy (non-hydrogen) atoms. The Labute approximate surface area is 104 Å². The van der Waals surface area contributed by atoms with Gasteiger partial charge in [0.25, 0.3) is 0 Å². The lowest BCUT2D eigenvalue weighted by Crippen LogP contribution is -2.25. The van der Waals surface area contributed by atoms with Gasteiger partial charge in [0.1, 0.15) is 0 Å². The summed E-state index contributed by atoms with van der Waals surface area (Å²) in [5.74, 6) is 0.749. The van der Waals surface area contributed by atoms with Gasteiger partial charge in [-0.1, -0.05) is 32.0 Å². The quantitative estimate of drug-likeness (QED) is 0.732. The smallest absolute Gasteiger partial charge is 0.0303 e. The van der Waals surface area contributed by atoms with Crippen LogP contribution in [0.15, 0.2) is 18.2 Å². The molecule has 2 aliphatic rings. The lowest BCUT2D eigenvalue weighted by Gasteiger charge is -2.35. The maximum absolute atomic E-state index is 6.20. The number of hydrogen-bond donors (Lipinski definition) is 1. The molecule has 2 heteroatoms. The molecule has 0 fully saturated rings. The van der Waals surface area contributed by atoms with E-state index in [0.717, 1.165) is 5.92 Å². The van der Waals surface area contributed by atoms with E-state index in [4.69, 9.17) is 5.73 Å². The Balaban J connectivity index is 0.000000963. The first-order valence-electron chi connectivity index (χ1n) is 5.98. The average Bonchev–Trinajstić information content (AvgIpc) is 2.52. The van der Waals surface area contributed by atoms with Gasteiger partial charge >= 0.3 is 0 Å². The van der Waals surface area contributed by atoms with Crippen LogP contribution in [0.1, 0.15) is 61.8 Å². The second-order valence-electron chi connectivity index (χ2n) is 5.77. The van der Waals surface area contributed by atoms with Crippen LogP contribution in [0.4, 0.5) is 0 Å². The van der Waals surface area contributed by atoms with Crippen LogP contribution in [0.3, 0.4) is 0 Å². The van der Waals surface area contributed by atoms with E-state index in [1.807, 2.05) is 0 Å². The fraction of sp³-hybridized carbons (Fsp3) is 0.571.